The molecular weight excluding hydrogens is 383 g/mol. The predicted molar refractivity (Wildman–Crippen MR) is 109 cm³/mol. The number of halogens is 2. The maximum absolute atomic E-state index is 14.8. The first-order valence-corrected chi connectivity index (χ1v) is 8.92. The molecule has 0 fully saturated rings. The highest BCUT2D eigenvalue weighted by Gasteiger charge is 2.21. The minimum Gasteiger partial charge on any atom is -0.318 e. The fourth-order valence-corrected chi connectivity index (χ4v) is 3.44. The number of para-hydroxylation sites is 1. The van der Waals surface area contributed by atoms with E-state index in [1.165, 1.54) is 6.07 Å². The molecule has 2 aromatic carbocycles. The molecule has 2 N–H and O–H groups in total. The highest BCUT2D eigenvalue weighted by Crippen LogP contribution is 2.24. The molecule has 0 spiro atoms. The second-order valence-electron chi connectivity index (χ2n) is 6.46. The topological polar surface area (TPSA) is 76.0 Å². The van der Waals surface area contributed by atoms with Gasteiger partial charge in [0, 0.05) is 18.5 Å². The Kier molecular flexibility index (Phi) is 5.76. The molecule has 6 nitrogen and oxygen atoms in total. The van der Waals surface area contributed by atoms with Crippen molar-refractivity contribution < 1.29 is 9.18 Å². The molecular formula is C20H20ClFN4O2. The summed E-state index contributed by atoms with van der Waals surface area (Å²) in [6.07, 6.45) is 0.557. The lowest BCUT2D eigenvalue weighted by Crippen LogP contribution is -2.28. The van der Waals surface area contributed by atoms with E-state index in [0.717, 1.165) is 5.56 Å². The number of aromatic nitrogens is 2. The van der Waals surface area contributed by atoms with Crippen LogP contribution in [0.25, 0.3) is 10.9 Å². The summed E-state index contributed by atoms with van der Waals surface area (Å²) in [4.78, 5) is 25.4. The van der Waals surface area contributed by atoms with E-state index in [9.17, 15) is 14.0 Å². The Morgan fingerprint density at radius 3 is 2.86 bits per heavy atom. The van der Waals surface area contributed by atoms with Crippen LogP contribution in [0.5, 0.6) is 0 Å². The summed E-state index contributed by atoms with van der Waals surface area (Å²) >= 11 is 0. The first kappa shape index (κ1) is 20.0. The largest absolute Gasteiger partial charge is 0.318 e. The average Bonchev–Trinajstić information content (AvgIpc) is 2.71. The number of rotatable bonds is 3. The lowest BCUT2D eigenvalue weighted by atomic mass is 9.99. The summed E-state index contributed by atoms with van der Waals surface area (Å²) in [5.74, 6) is -1.15. The lowest BCUT2D eigenvalue weighted by molar-refractivity contribution is 0.101. The van der Waals surface area contributed by atoms with Gasteiger partial charge in [0.1, 0.15) is 5.82 Å². The van der Waals surface area contributed by atoms with Crippen molar-refractivity contribution in [3.63, 3.8) is 0 Å². The van der Waals surface area contributed by atoms with Crippen molar-refractivity contribution in [1.82, 2.24) is 15.1 Å². The van der Waals surface area contributed by atoms with Gasteiger partial charge in [-0.2, -0.15) is 5.10 Å². The number of carbonyl (C=O) groups is 1. The number of hydrogen-bond donors (Lipinski definition) is 2. The Morgan fingerprint density at radius 1 is 1.29 bits per heavy atom. The molecule has 8 heteroatoms. The zero-order valence-corrected chi connectivity index (χ0v) is 16.1. The number of hydrogen-bond acceptors (Lipinski definition) is 4. The average molecular weight is 403 g/mol. The maximum Gasteiger partial charge on any atom is 0.280 e. The maximum atomic E-state index is 14.8. The molecule has 0 bridgehead atoms. The summed E-state index contributed by atoms with van der Waals surface area (Å²) in [7, 11) is 0. The molecule has 0 unspecified atom stereocenters. The van der Waals surface area contributed by atoms with E-state index in [-0.39, 0.29) is 23.8 Å². The number of amides is 1. The molecule has 1 aliphatic heterocycles. The minimum atomic E-state index is -0.708. The number of nitrogens with zero attached hydrogens (tertiary/aromatic N) is 2. The number of nitrogens with one attached hydrogen (secondary N) is 2. The van der Waals surface area contributed by atoms with Crippen molar-refractivity contribution in [3.8, 4) is 0 Å². The van der Waals surface area contributed by atoms with Crippen LogP contribution in [0.4, 0.5) is 10.1 Å². The van der Waals surface area contributed by atoms with Crippen molar-refractivity contribution in [1.29, 1.82) is 0 Å². The number of carbonyl (C=O) groups excluding carboxylic acids is 1. The monoisotopic (exact) mass is 402 g/mol. The van der Waals surface area contributed by atoms with E-state index in [1.807, 2.05) is 13.0 Å². The van der Waals surface area contributed by atoms with Gasteiger partial charge in [0.15, 0.2) is 5.69 Å². The zero-order valence-electron chi connectivity index (χ0n) is 15.3. The molecule has 0 saturated heterocycles. The smallest absolute Gasteiger partial charge is 0.280 e. The molecule has 1 aromatic heterocycles. The van der Waals surface area contributed by atoms with Crippen LogP contribution in [-0.2, 0) is 19.5 Å². The molecule has 0 atom stereocenters. The van der Waals surface area contributed by atoms with E-state index in [0.29, 0.717) is 42.5 Å². The molecule has 146 valence electrons. The van der Waals surface area contributed by atoms with E-state index in [4.69, 9.17) is 0 Å². The molecule has 2 heterocycles. The Labute approximate surface area is 167 Å². The third-order valence-corrected chi connectivity index (χ3v) is 4.83. The minimum absolute atomic E-state index is 0. The van der Waals surface area contributed by atoms with Crippen molar-refractivity contribution in [2.24, 2.45) is 0 Å². The standard InChI is InChI=1S/C20H19FN4O2.ClH/c1-2-25-16-6-4-3-5-14(16)19(26)18(24-25)20(27)23-15-8-7-12-11-22-10-9-13(12)17(15)21;/h3-8,22H,2,9-11H2,1H3,(H,23,27);1H. The van der Waals surface area contributed by atoms with Gasteiger partial charge in [-0.25, -0.2) is 4.39 Å². The van der Waals surface area contributed by atoms with Gasteiger partial charge in [-0.05, 0) is 49.2 Å². The Morgan fingerprint density at radius 2 is 2.07 bits per heavy atom. The van der Waals surface area contributed by atoms with Crippen LogP contribution in [0, 0.1) is 5.82 Å². The Hall–Kier alpha value is -2.77. The van der Waals surface area contributed by atoms with E-state index in [2.05, 4.69) is 15.7 Å². The van der Waals surface area contributed by atoms with Gasteiger partial charge in [-0.1, -0.05) is 18.2 Å². The van der Waals surface area contributed by atoms with Gasteiger partial charge in [-0.3, -0.25) is 14.3 Å². The quantitative estimate of drug-likeness (QED) is 0.706. The van der Waals surface area contributed by atoms with Gasteiger partial charge in [0.05, 0.1) is 11.2 Å². The molecule has 1 aliphatic rings. The van der Waals surface area contributed by atoms with Crippen LogP contribution in [-0.4, -0.2) is 22.2 Å². The van der Waals surface area contributed by atoms with Gasteiger partial charge < -0.3 is 10.6 Å². The Bertz CT molecular complexity index is 1110. The van der Waals surface area contributed by atoms with Crippen LogP contribution in [0.1, 0.15) is 28.5 Å². The number of anilines is 1. The van der Waals surface area contributed by atoms with Crippen LogP contribution in [0.2, 0.25) is 0 Å². The summed E-state index contributed by atoms with van der Waals surface area (Å²) in [5.41, 5.74) is 1.51. The number of aryl methyl sites for hydroxylation is 1. The molecule has 3 aromatic rings. The molecule has 0 radical (unpaired) electrons. The molecule has 4 rings (SSSR count). The fourth-order valence-electron chi connectivity index (χ4n) is 3.44. The molecule has 1 amide bonds. The van der Waals surface area contributed by atoms with Gasteiger partial charge >= 0.3 is 0 Å². The van der Waals surface area contributed by atoms with Crippen LogP contribution >= 0.6 is 12.4 Å². The summed E-state index contributed by atoms with van der Waals surface area (Å²) < 4.78 is 16.4. The first-order chi connectivity index (χ1) is 13.1. The molecule has 0 aliphatic carbocycles. The van der Waals surface area contributed by atoms with Gasteiger partial charge in [0.2, 0.25) is 5.43 Å². The predicted octanol–water partition coefficient (Wildman–Crippen LogP) is 2.88. The van der Waals surface area contributed by atoms with Crippen LogP contribution < -0.4 is 16.1 Å². The summed E-state index contributed by atoms with van der Waals surface area (Å²) in [5, 5.41) is 10.3. The lowest BCUT2D eigenvalue weighted by Gasteiger charge is -2.19. The highest BCUT2D eigenvalue weighted by atomic mass is 35.5. The number of fused-ring (bicyclic) bond motifs is 2. The highest BCUT2D eigenvalue weighted by molar-refractivity contribution is 6.04. The first-order valence-electron chi connectivity index (χ1n) is 8.92. The third-order valence-electron chi connectivity index (χ3n) is 4.83. The van der Waals surface area contributed by atoms with E-state index >= 15 is 0 Å². The van der Waals surface area contributed by atoms with E-state index < -0.39 is 17.2 Å². The van der Waals surface area contributed by atoms with Gasteiger partial charge in [0.25, 0.3) is 5.91 Å². The second-order valence-corrected chi connectivity index (χ2v) is 6.46. The van der Waals surface area contributed by atoms with Gasteiger partial charge in [-0.15, -0.1) is 12.4 Å². The fraction of sp³-hybridized carbons (Fsp3) is 0.250. The van der Waals surface area contributed by atoms with Crippen LogP contribution in [0.15, 0.2) is 41.2 Å². The normalized spacial score (nSPS) is 12.9. The number of benzene rings is 2. The second kappa shape index (κ2) is 8.08. The molecule has 28 heavy (non-hydrogen) atoms. The molecule has 0 saturated carbocycles. The van der Waals surface area contributed by atoms with Crippen molar-refractivity contribution in [2.75, 3.05) is 11.9 Å². The third kappa shape index (κ3) is 3.39. The van der Waals surface area contributed by atoms with Crippen molar-refractivity contribution >= 4 is 34.9 Å². The Balaban J connectivity index is 0.00000225. The van der Waals surface area contributed by atoms with Crippen molar-refractivity contribution in [3.05, 3.63) is 69.3 Å². The van der Waals surface area contributed by atoms with Crippen LogP contribution in [0.3, 0.4) is 0 Å². The van der Waals surface area contributed by atoms with E-state index in [1.54, 1.807) is 28.9 Å². The summed E-state index contributed by atoms with van der Waals surface area (Å²) in [6, 6.07) is 10.3. The van der Waals surface area contributed by atoms with Crippen molar-refractivity contribution in [2.45, 2.75) is 26.4 Å². The summed E-state index contributed by atoms with van der Waals surface area (Å²) in [6.45, 7) is 3.67. The zero-order chi connectivity index (χ0) is 19.0. The SMILES string of the molecule is CCn1nc(C(=O)Nc2ccc3c(c2F)CCNC3)c(=O)c2ccccc21.Cl.